The number of aromatic amines is 1. The van der Waals surface area contributed by atoms with Crippen LogP contribution in [0.2, 0.25) is 0 Å². The van der Waals surface area contributed by atoms with Gasteiger partial charge < -0.3 is 4.98 Å². The van der Waals surface area contributed by atoms with Crippen LogP contribution in [-0.2, 0) is 6.54 Å². The third-order valence-corrected chi connectivity index (χ3v) is 4.50. The van der Waals surface area contributed by atoms with Gasteiger partial charge in [0.25, 0.3) is 5.56 Å². The Balaban J connectivity index is 1.99. The summed E-state index contributed by atoms with van der Waals surface area (Å²) >= 11 is 0. The fourth-order valence-electron chi connectivity index (χ4n) is 3.08. The van der Waals surface area contributed by atoms with Gasteiger partial charge in [-0.05, 0) is 30.7 Å². The molecule has 1 aliphatic carbocycles. The molecular weight excluding hydrogens is 304 g/mol. The topological polar surface area (TPSA) is 91.8 Å². The Bertz CT molecular complexity index is 1010. The minimum absolute atomic E-state index is 0.0205. The van der Waals surface area contributed by atoms with Crippen molar-refractivity contribution < 1.29 is 0 Å². The summed E-state index contributed by atoms with van der Waals surface area (Å²) in [4.78, 5) is 16.2. The smallest absolute Gasteiger partial charge is 0.278 e. The number of nitrogens with one attached hydrogen (secondary N) is 1. The van der Waals surface area contributed by atoms with E-state index < -0.39 is 0 Å². The Kier molecular flexibility index (Phi) is 3.27. The molecule has 1 aliphatic rings. The molecule has 3 heterocycles. The quantitative estimate of drug-likeness (QED) is 0.797. The van der Waals surface area contributed by atoms with Crippen LogP contribution in [-0.4, -0.2) is 24.4 Å². The lowest BCUT2D eigenvalue weighted by Gasteiger charge is -2.14. The summed E-state index contributed by atoms with van der Waals surface area (Å²) in [5, 5.41) is 17.7. The number of rotatable bonds is 4. The molecule has 0 bridgehead atoms. The van der Waals surface area contributed by atoms with E-state index in [0.717, 1.165) is 17.9 Å². The lowest BCUT2D eigenvalue weighted by atomic mass is 10.0. The monoisotopic (exact) mass is 322 g/mol. The molecule has 0 aromatic carbocycles. The third kappa shape index (κ3) is 2.22. The highest BCUT2D eigenvalue weighted by atomic mass is 16.1. The average Bonchev–Trinajstić information content (AvgIpc) is 3.08. The molecule has 1 N–H and O–H groups in total. The predicted octanol–water partition coefficient (Wildman–Crippen LogP) is 2.29. The van der Waals surface area contributed by atoms with Crippen molar-refractivity contribution in [1.29, 1.82) is 5.26 Å². The molecule has 24 heavy (non-hydrogen) atoms. The van der Waals surface area contributed by atoms with Gasteiger partial charge in [-0.15, -0.1) is 0 Å². The van der Waals surface area contributed by atoms with E-state index in [1.165, 1.54) is 23.6 Å². The first-order chi connectivity index (χ1) is 11.6. The van der Waals surface area contributed by atoms with Crippen molar-refractivity contribution in [3.05, 3.63) is 39.9 Å². The molecule has 3 aromatic heterocycles. The van der Waals surface area contributed by atoms with Crippen LogP contribution < -0.4 is 5.56 Å². The number of nitriles is 1. The van der Waals surface area contributed by atoms with Crippen molar-refractivity contribution in [2.75, 3.05) is 0 Å². The number of hydrogen-bond acceptors (Lipinski definition) is 4. The Morgan fingerprint density at radius 2 is 2.21 bits per heavy atom. The Morgan fingerprint density at radius 3 is 2.88 bits per heavy atom. The summed E-state index contributed by atoms with van der Waals surface area (Å²) in [5.74, 6) is 0.693. The SMILES string of the molecule is CC(C)c1c(-c2ccnn2CC2CC2)[nH]c2c(C#N)cnn2c1=O. The highest BCUT2D eigenvalue weighted by molar-refractivity contribution is 5.65. The lowest BCUT2D eigenvalue weighted by molar-refractivity contribution is 0.567. The summed E-state index contributed by atoms with van der Waals surface area (Å²) in [6.45, 7) is 4.82. The van der Waals surface area contributed by atoms with E-state index in [9.17, 15) is 10.1 Å². The molecule has 0 atom stereocenters. The van der Waals surface area contributed by atoms with Crippen LogP contribution in [0.5, 0.6) is 0 Å². The zero-order chi connectivity index (χ0) is 16.8. The van der Waals surface area contributed by atoms with Crippen LogP contribution in [0, 0.1) is 17.2 Å². The second kappa shape index (κ2) is 5.34. The summed E-state index contributed by atoms with van der Waals surface area (Å²) in [7, 11) is 0. The van der Waals surface area contributed by atoms with E-state index in [-0.39, 0.29) is 11.5 Å². The summed E-state index contributed by atoms with van der Waals surface area (Å²) in [5.41, 5.74) is 2.88. The summed E-state index contributed by atoms with van der Waals surface area (Å²) in [6, 6.07) is 3.99. The molecule has 0 radical (unpaired) electrons. The predicted molar refractivity (Wildman–Crippen MR) is 88.6 cm³/mol. The summed E-state index contributed by atoms with van der Waals surface area (Å²) < 4.78 is 3.23. The zero-order valence-corrected chi connectivity index (χ0v) is 13.7. The maximum Gasteiger partial charge on any atom is 0.278 e. The molecular formula is C17H18N6O. The minimum Gasteiger partial charge on any atom is -0.337 e. The van der Waals surface area contributed by atoms with Crippen molar-refractivity contribution in [3.8, 4) is 17.5 Å². The number of fused-ring (bicyclic) bond motifs is 1. The van der Waals surface area contributed by atoms with Crippen molar-refractivity contribution in [2.45, 2.75) is 39.2 Å². The van der Waals surface area contributed by atoms with Crippen molar-refractivity contribution in [1.82, 2.24) is 24.4 Å². The van der Waals surface area contributed by atoms with E-state index in [0.29, 0.717) is 22.7 Å². The van der Waals surface area contributed by atoms with Crippen LogP contribution >= 0.6 is 0 Å². The lowest BCUT2D eigenvalue weighted by Crippen LogP contribution is -2.23. The number of hydrogen-bond donors (Lipinski definition) is 1. The number of H-pyrrole nitrogens is 1. The first kappa shape index (κ1) is 14.7. The van der Waals surface area contributed by atoms with Crippen LogP contribution in [0.3, 0.4) is 0 Å². The van der Waals surface area contributed by atoms with Gasteiger partial charge in [0.2, 0.25) is 0 Å². The molecule has 0 unspecified atom stereocenters. The first-order valence-corrected chi connectivity index (χ1v) is 8.16. The van der Waals surface area contributed by atoms with Gasteiger partial charge in [0.05, 0.1) is 17.6 Å². The standard InChI is InChI=1S/C17H18N6O/c1-10(2)14-15(13-5-6-19-22(13)9-11-3-4-11)21-16-12(7-18)8-20-23(16)17(14)24/h5-6,8,10-11,21H,3-4,9H2,1-2H3. The highest BCUT2D eigenvalue weighted by Crippen LogP contribution is 2.33. The normalized spacial score (nSPS) is 14.4. The molecule has 0 saturated heterocycles. The van der Waals surface area contributed by atoms with Gasteiger partial charge in [0.15, 0.2) is 5.65 Å². The molecule has 0 spiro atoms. The molecule has 122 valence electrons. The fourth-order valence-corrected chi connectivity index (χ4v) is 3.08. The number of nitrogens with zero attached hydrogens (tertiary/aromatic N) is 5. The van der Waals surface area contributed by atoms with Gasteiger partial charge in [0, 0.05) is 18.3 Å². The van der Waals surface area contributed by atoms with Crippen LogP contribution in [0.4, 0.5) is 0 Å². The van der Waals surface area contributed by atoms with E-state index in [1.54, 1.807) is 6.20 Å². The molecule has 3 aromatic rings. The van der Waals surface area contributed by atoms with E-state index in [1.807, 2.05) is 24.6 Å². The molecule has 1 fully saturated rings. The Morgan fingerprint density at radius 1 is 1.42 bits per heavy atom. The average molecular weight is 322 g/mol. The molecule has 7 nitrogen and oxygen atoms in total. The zero-order valence-electron chi connectivity index (χ0n) is 13.7. The fraction of sp³-hybridized carbons (Fsp3) is 0.412. The van der Waals surface area contributed by atoms with Crippen LogP contribution in [0.1, 0.15) is 43.7 Å². The van der Waals surface area contributed by atoms with Gasteiger partial charge in [0.1, 0.15) is 11.6 Å². The van der Waals surface area contributed by atoms with Crippen LogP contribution in [0.15, 0.2) is 23.3 Å². The molecule has 0 amide bonds. The van der Waals surface area contributed by atoms with Gasteiger partial charge in [-0.1, -0.05) is 13.8 Å². The minimum atomic E-state index is -0.186. The first-order valence-electron chi connectivity index (χ1n) is 8.16. The van der Waals surface area contributed by atoms with Gasteiger partial charge >= 0.3 is 0 Å². The maximum absolute atomic E-state index is 12.9. The van der Waals surface area contributed by atoms with Crippen molar-refractivity contribution in [3.63, 3.8) is 0 Å². The van der Waals surface area contributed by atoms with Gasteiger partial charge in [-0.3, -0.25) is 9.48 Å². The van der Waals surface area contributed by atoms with E-state index in [2.05, 4.69) is 21.3 Å². The number of aromatic nitrogens is 5. The van der Waals surface area contributed by atoms with Crippen molar-refractivity contribution >= 4 is 5.65 Å². The largest absolute Gasteiger partial charge is 0.337 e. The molecule has 4 rings (SSSR count). The maximum atomic E-state index is 12.9. The third-order valence-electron chi connectivity index (χ3n) is 4.50. The molecule has 0 aliphatic heterocycles. The second-order valence-corrected chi connectivity index (χ2v) is 6.65. The highest BCUT2D eigenvalue weighted by Gasteiger charge is 2.25. The van der Waals surface area contributed by atoms with Gasteiger partial charge in [-0.2, -0.15) is 20.0 Å². The Hall–Kier alpha value is -2.88. The summed E-state index contributed by atoms with van der Waals surface area (Å²) in [6.07, 6.45) is 5.63. The van der Waals surface area contributed by atoms with E-state index >= 15 is 0 Å². The van der Waals surface area contributed by atoms with E-state index in [4.69, 9.17) is 0 Å². The van der Waals surface area contributed by atoms with Gasteiger partial charge in [-0.25, -0.2) is 0 Å². The second-order valence-electron chi connectivity index (χ2n) is 6.65. The molecule has 1 saturated carbocycles. The Labute approximate surface area is 138 Å². The van der Waals surface area contributed by atoms with Crippen LogP contribution in [0.25, 0.3) is 17.0 Å². The molecule has 7 heteroatoms. The van der Waals surface area contributed by atoms with Crippen molar-refractivity contribution in [2.24, 2.45) is 5.92 Å².